The fraction of sp³-hybridized carbons (Fsp3) is 0.200. The zero-order valence-corrected chi connectivity index (χ0v) is 14.4. The van der Waals surface area contributed by atoms with Crippen molar-refractivity contribution in [1.29, 1.82) is 0 Å². The van der Waals surface area contributed by atoms with E-state index in [2.05, 4.69) is 20.7 Å². The highest BCUT2D eigenvalue weighted by atomic mass is 79.9. The zero-order valence-electron chi connectivity index (χ0n) is 11.2. The van der Waals surface area contributed by atoms with Gasteiger partial charge in [-0.3, -0.25) is 0 Å². The number of hydrogen-bond donors (Lipinski definition) is 1. The van der Waals surface area contributed by atoms with E-state index in [1.54, 1.807) is 12.1 Å². The highest BCUT2D eigenvalue weighted by molar-refractivity contribution is 9.10. The predicted molar refractivity (Wildman–Crippen MR) is 89.1 cm³/mol. The number of halogens is 2. The molecule has 0 unspecified atom stereocenters. The largest absolute Gasteiger partial charge is 0.242 e. The fourth-order valence-corrected chi connectivity index (χ4v) is 4.02. The summed E-state index contributed by atoms with van der Waals surface area (Å²) in [4.78, 5) is 0.104. The molecule has 0 heterocycles. The van der Waals surface area contributed by atoms with Crippen molar-refractivity contribution in [3.8, 4) is 0 Å². The quantitative estimate of drug-likeness (QED) is 0.760. The summed E-state index contributed by atoms with van der Waals surface area (Å²) < 4.78 is 27.7. The number of rotatable bonds is 6. The molecule has 2 aromatic rings. The summed E-state index contributed by atoms with van der Waals surface area (Å²) in [6.45, 7) is 0.379. The van der Waals surface area contributed by atoms with Crippen LogP contribution in [0.25, 0.3) is 0 Å². The predicted octanol–water partition coefficient (Wildman–Crippen LogP) is 4.01. The van der Waals surface area contributed by atoms with Crippen molar-refractivity contribution < 1.29 is 8.42 Å². The first kappa shape index (κ1) is 16.5. The third-order valence-corrected chi connectivity index (χ3v) is 5.40. The van der Waals surface area contributed by atoms with Gasteiger partial charge in [0.1, 0.15) is 4.90 Å². The SMILES string of the molecule is O=S(=O)(NCCCc1ccccc1)c1ccc(Br)cc1Cl. The summed E-state index contributed by atoms with van der Waals surface area (Å²) in [7, 11) is -3.56. The third kappa shape index (κ3) is 4.81. The van der Waals surface area contributed by atoms with Crippen LogP contribution in [0.15, 0.2) is 57.9 Å². The van der Waals surface area contributed by atoms with Crippen LogP contribution < -0.4 is 4.72 Å². The van der Waals surface area contributed by atoms with Crippen molar-refractivity contribution in [2.24, 2.45) is 0 Å². The van der Waals surface area contributed by atoms with Crippen molar-refractivity contribution in [3.63, 3.8) is 0 Å². The molecule has 6 heteroatoms. The van der Waals surface area contributed by atoms with Gasteiger partial charge in [-0.2, -0.15) is 0 Å². The molecule has 0 bridgehead atoms. The number of aryl methyl sites for hydroxylation is 1. The lowest BCUT2D eigenvalue weighted by atomic mass is 10.1. The Morgan fingerprint density at radius 3 is 2.48 bits per heavy atom. The Kier molecular flexibility index (Phi) is 5.81. The van der Waals surface area contributed by atoms with Crippen LogP contribution in [0.4, 0.5) is 0 Å². The molecular formula is C15H15BrClNO2S. The smallest absolute Gasteiger partial charge is 0.211 e. The molecular weight excluding hydrogens is 374 g/mol. The van der Waals surface area contributed by atoms with E-state index in [9.17, 15) is 8.42 Å². The molecule has 0 spiro atoms. The van der Waals surface area contributed by atoms with Crippen molar-refractivity contribution >= 4 is 37.6 Å². The lowest BCUT2D eigenvalue weighted by molar-refractivity contribution is 0.579. The fourth-order valence-electron chi connectivity index (χ4n) is 1.91. The minimum absolute atomic E-state index is 0.104. The first-order valence-electron chi connectivity index (χ1n) is 6.48. The summed E-state index contributed by atoms with van der Waals surface area (Å²) >= 11 is 9.23. The molecule has 2 rings (SSSR count). The molecule has 0 aromatic heterocycles. The summed E-state index contributed by atoms with van der Waals surface area (Å²) in [5, 5.41) is 0.208. The lowest BCUT2D eigenvalue weighted by Gasteiger charge is -2.08. The van der Waals surface area contributed by atoms with Gasteiger partial charge in [0.15, 0.2) is 0 Å². The van der Waals surface area contributed by atoms with Crippen molar-refractivity contribution in [2.45, 2.75) is 17.7 Å². The van der Waals surface area contributed by atoms with Crippen molar-refractivity contribution in [2.75, 3.05) is 6.54 Å². The van der Waals surface area contributed by atoms with Crippen LogP contribution >= 0.6 is 27.5 Å². The van der Waals surface area contributed by atoms with Crippen LogP contribution in [0.3, 0.4) is 0 Å². The number of sulfonamides is 1. The van der Waals surface area contributed by atoms with Gasteiger partial charge in [-0.1, -0.05) is 57.9 Å². The van der Waals surface area contributed by atoms with Gasteiger partial charge in [0, 0.05) is 11.0 Å². The monoisotopic (exact) mass is 387 g/mol. The van der Waals surface area contributed by atoms with E-state index in [4.69, 9.17) is 11.6 Å². The number of hydrogen-bond acceptors (Lipinski definition) is 2. The van der Waals surface area contributed by atoms with E-state index >= 15 is 0 Å². The highest BCUT2D eigenvalue weighted by Crippen LogP contribution is 2.24. The minimum Gasteiger partial charge on any atom is -0.211 e. The summed E-state index contributed by atoms with van der Waals surface area (Å²) in [5.74, 6) is 0. The number of nitrogens with one attached hydrogen (secondary N) is 1. The average molecular weight is 389 g/mol. The molecule has 21 heavy (non-hydrogen) atoms. The average Bonchev–Trinajstić information content (AvgIpc) is 2.44. The minimum atomic E-state index is -3.56. The topological polar surface area (TPSA) is 46.2 Å². The van der Waals surface area contributed by atoms with Crippen LogP contribution in [0.5, 0.6) is 0 Å². The van der Waals surface area contributed by atoms with Gasteiger partial charge < -0.3 is 0 Å². The molecule has 0 saturated heterocycles. The Hall–Kier alpha value is -0.880. The molecule has 0 aliphatic rings. The molecule has 0 atom stereocenters. The van der Waals surface area contributed by atoms with Gasteiger partial charge in [0.2, 0.25) is 10.0 Å². The lowest BCUT2D eigenvalue weighted by Crippen LogP contribution is -2.25. The maximum Gasteiger partial charge on any atom is 0.242 e. The first-order valence-corrected chi connectivity index (χ1v) is 9.13. The van der Waals surface area contributed by atoms with E-state index in [1.165, 1.54) is 11.6 Å². The molecule has 0 radical (unpaired) electrons. The third-order valence-electron chi connectivity index (χ3n) is 2.96. The van der Waals surface area contributed by atoms with Crippen LogP contribution in [0.1, 0.15) is 12.0 Å². The molecule has 2 aromatic carbocycles. The molecule has 0 amide bonds. The second-order valence-electron chi connectivity index (χ2n) is 4.56. The second kappa shape index (κ2) is 7.40. The molecule has 0 saturated carbocycles. The molecule has 3 nitrogen and oxygen atoms in total. The number of benzene rings is 2. The Morgan fingerprint density at radius 1 is 1.10 bits per heavy atom. The van der Waals surface area contributed by atoms with Crippen LogP contribution in [-0.4, -0.2) is 15.0 Å². The zero-order chi connectivity index (χ0) is 15.3. The van der Waals surface area contributed by atoms with Crippen molar-refractivity contribution in [1.82, 2.24) is 4.72 Å². The normalized spacial score (nSPS) is 11.5. The van der Waals surface area contributed by atoms with E-state index in [0.29, 0.717) is 6.54 Å². The van der Waals surface area contributed by atoms with E-state index < -0.39 is 10.0 Å². The van der Waals surface area contributed by atoms with Gasteiger partial charge in [-0.15, -0.1) is 0 Å². The molecule has 0 aliphatic heterocycles. The maximum atomic E-state index is 12.2. The van der Waals surface area contributed by atoms with Crippen LogP contribution in [0, 0.1) is 0 Å². The molecule has 0 aliphatic carbocycles. The summed E-state index contributed by atoms with van der Waals surface area (Å²) in [6, 6.07) is 14.7. The van der Waals surface area contributed by atoms with Gasteiger partial charge in [0.05, 0.1) is 5.02 Å². The second-order valence-corrected chi connectivity index (χ2v) is 7.62. The highest BCUT2D eigenvalue weighted by Gasteiger charge is 2.17. The Morgan fingerprint density at radius 2 is 1.81 bits per heavy atom. The Labute approximate surface area is 138 Å². The van der Waals surface area contributed by atoms with Gasteiger partial charge in [-0.25, -0.2) is 13.1 Å². The van der Waals surface area contributed by atoms with Gasteiger partial charge in [-0.05, 0) is 36.6 Å². The first-order chi connectivity index (χ1) is 9.99. The Balaban J connectivity index is 1.92. The van der Waals surface area contributed by atoms with Crippen molar-refractivity contribution in [3.05, 3.63) is 63.6 Å². The summed E-state index contributed by atoms with van der Waals surface area (Å²) in [6.07, 6.45) is 1.56. The molecule has 1 N–H and O–H groups in total. The van der Waals surface area contributed by atoms with Crippen LogP contribution in [0.2, 0.25) is 5.02 Å². The van der Waals surface area contributed by atoms with Gasteiger partial charge in [0.25, 0.3) is 0 Å². The van der Waals surface area contributed by atoms with E-state index in [0.717, 1.165) is 17.3 Å². The van der Waals surface area contributed by atoms with E-state index in [1.807, 2.05) is 30.3 Å². The molecule has 112 valence electrons. The van der Waals surface area contributed by atoms with E-state index in [-0.39, 0.29) is 9.92 Å². The molecule has 0 fully saturated rings. The van der Waals surface area contributed by atoms with Crippen LogP contribution in [-0.2, 0) is 16.4 Å². The maximum absolute atomic E-state index is 12.2. The van der Waals surface area contributed by atoms with Gasteiger partial charge >= 0.3 is 0 Å². The summed E-state index contributed by atoms with van der Waals surface area (Å²) in [5.41, 5.74) is 1.19. The standard InChI is InChI=1S/C15H15BrClNO2S/c16-13-8-9-15(14(17)11-13)21(19,20)18-10-4-7-12-5-2-1-3-6-12/h1-3,5-6,8-9,11,18H,4,7,10H2. The Bertz CT molecular complexity index is 705.